The number of rotatable bonds is 7. The Kier molecular flexibility index (Phi) is 7.50. The fraction of sp³-hybridized carbons (Fsp3) is 0.867. The molecule has 6 heteroatoms. The number of amidine groups is 1. The van der Waals surface area contributed by atoms with Gasteiger partial charge in [-0.05, 0) is 12.3 Å². The molecule has 0 aromatic heterocycles. The van der Waals surface area contributed by atoms with Crippen LogP contribution in [0.5, 0.6) is 0 Å². The van der Waals surface area contributed by atoms with Crippen LogP contribution in [0.2, 0.25) is 0 Å². The quantitative estimate of drug-likeness (QED) is 0.323. The van der Waals surface area contributed by atoms with Crippen LogP contribution in [0.4, 0.5) is 0 Å². The molecular weight excluding hydrogens is 268 g/mol. The molecule has 2 unspecified atom stereocenters. The van der Waals surface area contributed by atoms with Gasteiger partial charge in [-0.2, -0.15) is 0 Å². The molecule has 1 aliphatic heterocycles. The number of nitrogens with zero attached hydrogens (tertiary/aromatic N) is 3. The van der Waals surface area contributed by atoms with E-state index in [1.807, 2.05) is 4.90 Å². The minimum atomic E-state index is -0.0215. The molecule has 1 heterocycles. The van der Waals surface area contributed by atoms with Crippen LogP contribution in [0.25, 0.3) is 0 Å². The zero-order valence-corrected chi connectivity index (χ0v) is 13.6. The first-order chi connectivity index (χ1) is 10.0. The number of nitrogens with two attached hydrogens (primary N) is 1. The number of piperazine rings is 1. The zero-order valence-electron chi connectivity index (χ0n) is 13.6. The van der Waals surface area contributed by atoms with E-state index in [1.165, 1.54) is 0 Å². The number of hydrogen-bond donors (Lipinski definition) is 2. The summed E-state index contributed by atoms with van der Waals surface area (Å²) in [5.74, 6) is 0.969. The third-order valence-corrected chi connectivity index (χ3v) is 4.35. The summed E-state index contributed by atoms with van der Waals surface area (Å²) in [4.78, 5) is 16.3. The lowest BCUT2D eigenvalue weighted by atomic mass is 10.0. The first-order valence-electron chi connectivity index (χ1n) is 8.02. The second-order valence-corrected chi connectivity index (χ2v) is 5.96. The third-order valence-electron chi connectivity index (χ3n) is 4.35. The van der Waals surface area contributed by atoms with Crippen LogP contribution in [0.3, 0.4) is 0 Å². The molecule has 1 amide bonds. The van der Waals surface area contributed by atoms with Crippen molar-refractivity contribution in [2.24, 2.45) is 16.8 Å². The predicted molar refractivity (Wildman–Crippen MR) is 84.3 cm³/mol. The van der Waals surface area contributed by atoms with Crippen molar-refractivity contribution in [1.29, 1.82) is 0 Å². The Bertz CT molecular complexity index is 352. The molecule has 1 rings (SSSR count). The number of hydrogen-bond acceptors (Lipinski definition) is 4. The Morgan fingerprint density at radius 3 is 2.38 bits per heavy atom. The molecule has 3 N–H and O–H groups in total. The van der Waals surface area contributed by atoms with Gasteiger partial charge in [0.15, 0.2) is 5.84 Å². The van der Waals surface area contributed by atoms with E-state index in [2.05, 4.69) is 30.8 Å². The monoisotopic (exact) mass is 298 g/mol. The van der Waals surface area contributed by atoms with Gasteiger partial charge < -0.3 is 15.8 Å². The van der Waals surface area contributed by atoms with Gasteiger partial charge in [0, 0.05) is 32.6 Å². The Balaban J connectivity index is 2.52. The predicted octanol–water partition coefficient (Wildman–Crippen LogP) is 1.48. The summed E-state index contributed by atoms with van der Waals surface area (Å²) in [6, 6.07) is -0.0215. The number of carbonyl (C=O) groups is 1. The molecule has 0 aromatic rings. The standard InChI is InChI=1S/C15H30N4O2/c1-4-6-13(15(16)17-21)18-7-9-19(10-8-18)14(20)11-12(3)5-2/h12-13,21H,4-11H2,1-3H3,(H2,16,17). The lowest BCUT2D eigenvalue weighted by Crippen LogP contribution is -2.55. The molecular formula is C15H30N4O2. The van der Waals surface area contributed by atoms with Crippen LogP contribution in [0.15, 0.2) is 5.16 Å². The normalized spacial score (nSPS) is 20.3. The smallest absolute Gasteiger partial charge is 0.222 e. The summed E-state index contributed by atoms with van der Waals surface area (Å²) >= 11 is 0. The van der Waals surface area contributed by atoms with Crippen molar-refractivity contribution in [3.8, 4) is 0 Å². The molecule has 0 aromatic carbocycles. The Morgan fingerprint density at radius 2 is 1.90 bits per heavy atom. The van der Waals surface area contributed by atoms with Crippen LogP contribution in [0, 0.1) is 5.92 Å². The summed E-state index contributed by atoms with van der Waals surface area (Å²) in [6.45, 7) is 9.35. The Labute approximate surface area is 128 Å². The topological polar surface area (TPSA) is 82.2 Å². The molecule has 21 heavy (non-hydrogen) atoms. The molecule has 0 radical (unpaired) electrons. The Morgan fingerprint density at radius 1 is 1.29 bits per heavy atom. The van der Waals surface area contributed by atoms with E-state index >= 15 is 0 Å². The molecule has 0 aliphatic carbocycles. The summed E-state index contributed by atoms with van der Waals surface area (Å²) in [6.07, 6.45) is 3.52. The highest BCUT2D eigenvalue weighted by atomic mass is 16.4. The van der Waals surface area contributed by atoms with Crippen molar-refractivity contribution in [1.82, 2.24) is 9.80 Å². The lowest BCUT2D eigenvalue weighted by molar-refractivity contribution is -0.134. The Hall–Kier alpha value is -1.30. The number of carbonyl (C=O) groups excluding carboxylic acids is 1. The van der Waals surface area contributed by atoms with Crippen molar-refractivity contribution in [2.75, 3.05) is 26.2 Å². The fourth-order valence-corrected chi connectivity index (χ4v) is 2.71. The van der Waals surface area contributed by atoms with Gasteiger partial charge in [-0.1, -0.05) is 38.8 Å². The van der Waals surface area contributed by atoms with Gasteiger partial charge in [0.25, 0.3) is 0 Å². The summed E-state index contributed by atoms with van der Waals surface area (Å²) < 4.78 is 0. The van der Waals surface area contributed by atoms with Crippen LogP contribution < -0.4 is 5.73 Å². The molecule has 2 atom stereocenters. The summed E-state index contributed by atoms with van der Waals surface area (Å²) in [5.41, 5.74) is 5.79. The maximum absolute atomic E-state index is 12.2. The van der Waals surface area contributed by atoms with E-state index in [9.17, 15) is 4.79 Å². The van der Waals surface area contributed by atoms with Crippen LogP contribution in [-0.2, 0) is 4.79 Å². The average Bonchev–Trinajstić information content (AvgIpc) is 2.51. The molecule has 1 aliphatic rings. The van der Waals surface area contributed by atoms with Gasteiger partial charge in [0.1, 0.15) is 0 Å². The summed E-state index contributed by atoms with van der Waals surface area (Å²) in [5, 5.41) is 12.1. The maximum Gasteiger partial charge on any atom is 0.222 e. The first-order valence-corrected chi connectivity index (χ1v) is 8.02. The van der Waals surface area contributed by atoms with Gasteiger partial charge in [-0.3, -0.25) is 9.69 Å². The van der Waals surface area contributed by atoms with Crippen molar-refractivity contribution in [3.05, 3.63) is 0 Å². The van der Waals surface area contributed by atoms with E-state index in [-0.39, 0.29) is 17.8 Å². The third kappa shape index (κ3) is 5.19. The average molecular weight is 298 g/mol. The van der Waals surface area contributed by atoms with Crippen molar-refractivity contribution in [2.45, 2.75) is 52.5 Å². The van der Waals surface area contributed by atoms with Gasteiger partial charge in [-0.25, -0.2) is 0 Å². The molecule has 1 saturated heterocycles. The minimum absolute atomic E-state index is 0.0215. The highest BCUT2D eigenvalue weighted by Gasteiger charge is 2.28. The molecule has 0 spiro atoms. The number of oxime groups is 1. The van der Waals surface area contributed by atoms with Crippen molar-refractivity contribution >= 4 is 11.7 Å². The van der Waals surface area contributed by atoms with E-state index in [0.717, 1.165) is 45.4 Å². The highest BCUT2D eigenvalue weighted by Crippen LogP contribution is 2.14. The van der Waals surface area contributed by atoms with Crippen molar-refractivity contribution < 1.29 is 10.0 Å². The van der Waals surface area contributed by atoms with Crippen LogP contribution in [-0.4, -0.2) is 59.0 Å². The van der Waals surface area contributed by atoms with Gasteiger partial charge in [-0.15, -0.1) is 0 Å². The maximum atomic E-state index is 12.2. The SMILES string of the molecule is CCCC(C(N)=NO)N1CCN(C(=O)CC(C)CC)CC1. The molecule has 122 valence electrons. The van der Waals surface area contributed by atoms with Gasteiger partial charge in [0.05, 0.1) is 6.04 Å². The lowest BCUT2D eigenvalue weighted by Gasteiger charge is -2.39. The largest absolute Gasteiger partial charge is 0.409 e. The molecule has 0 bridgehead atoms. The van der Waals surface area contributed by atoms with Gasteiger partial charge >= 0.3 is 0 Å². The molecule has 0 saturated carbocycles. The summed E-state index contributed by atoms with van der Waals surface area (Å²) in [7, 11) is 0. The van der Waals surface area contributed by atoms with Crippen LogP contribution in [0.1, 0.15) is 46.5 Å². The van der Waals surface area contributed by atoms with E-state index < -0.39 is 0 Å². The van der Waals surface area contributed by atoms with E-state index in [1.54, 1.807) is 0 Å². The highest BCUT2D eigenvalue weighted by molar-refractivity contribution is 5.85. The number of amides is 1. The van der Waals surface area contributed by atoms with Gasteiger partial charge in [0.2, 0.25) is 5.91 Å². The zero-order chi connectivity index (χ0) is 15.8. The second kappa shape index (κ2) is 8.87. The minimum Gasteiger partial charge on any atom is -0.409 e. The van der Waals surface area contributed by atoms with E-state index in [0.29, 0.717) is 12.3 Å². The fourth-order valence-electron chi connectivity index (χ4n) is 2.71. The molecule has 1 fully saturated rings. The van der Waals surface area contributed by atoms with E-state index in [4.69, 9.17) is 10.9 Å². The van der Waals surface area contributed by atoms with Crippen LogP contribution >= 0.6 is 0 Å². The molecule has 6 nitrogen and oxygen atoms in total. The van der Waals surface area contributed by atoms with Crippen molar-refractivity contribution in [3.63, 3.8) is 0 Å². The second-order valence-electron chi connectivity index (χ2n) is 5.96. The first kappa shape index (κ1) is 17.8.